The van der Waals surface area contributed by atoms with Gasteiger partial charge in [0.25, 0.3) is 0 Å². The first-order valence-corrected chi connectivity index (χ1v) is 6.01. The first-order chi connectivity index (χ1) is 7.87. The minimum atomic E-state index is -0.496. The van der Waals surface area contributed by atoms with Crippen molar-refractivity contribution in [3.05, 3.63) is 0 Å². The number of hydrogen-bond donors (Lipinski definition) is 0. The molecule has 5 heteroatoms. The minimum absolute atomic E-state index is 0.156. The van der Waals surface area contributed by atoms with Gasteiger partial charge in [-0.2, -0.15) is 0 Å². The molecule has 1 amide bonds. The Labute approximate surface area is 101 Å². The summed E-state index contributed by atoms with van der Waals surface area (Å²) in [5.74, 6) is -0.0549. The zero-order valence-corrected chi connectivity index (χ0v) is 10.6. The van der Waals surface area contributed by atoms with Crippen LogP contribution in [0.15, 0.2) is 0 Å². The summed E-state index contributed by atoms with van der Waals surface area (Å²) < 4.78 is 10.3. The third kappa shape index (κ3) is 2.70. The SMILES string of the molecule is CC(C)(C)OC(=O)N1CC[C@@H]2COC(=O)[C@H]2C1. The average molecular weight is 241 g/mol. The normalized spacial score (nSPS) is 28.6. The van der Waals surface area contributed by atoms with Crippen molar-refractivity contribution in [2.24, 2.45) is 11.8 Å². The van der Waals surface area contributed by atoms with E-state index >= 15 is 0 Å². The Morgan fingerprint density at radius 1 is 1.47 bits per heavy atom. The van der Waals surface area contributed by atoms with Crippen molar-refractivity contribution in [1.82, 2.24) is 4.90 Å². The predicted octanol–water partition coefficient (Wildman–Crippen LogP) is 1.42. The Hall–Kier alpha value is -1.26. The van der Waals surface area contributed by atoms with E-state index in [1.165, 1.54) is 0 Å². The number of cyclic esters (lactones) is 1. The molecule has 17 heavy (non-hydrogen) atoms. The van der Waals surface area contributed by atoms with Crippen molar-refractivity contribution in [3.8, 4) is 0 Å². The van der Waals surface area contributed by atoms with Gasteiger partial charge in [0, 0.05) is 19.0 Å². The van der Waals surface area contributed by atoms with E-state index in [0.717, 1.165) is 6.42 Å². The van der Waals surface area contributed by atoms with E-state index in [2.05, 4.69) is 0 Å². The van der Waals surface area contributed by atoms with E-state index in [-0.39, 0.29) is 23.9 Å². The second kappa shape index (κ2) is 4.20. The highest BCUT2D eigenvalue weighted by Crippen LogP contribution is 2.30. The number of carbonyl (C=O) groups excluding carboxylic acids is 2. The fourth-order valence-corrected chi connectivity index (χ4v) is 2.26. The van der Waals surface area contributed by atoms with Crippen LogP contribution in [-0.2, 0) is 14.3 Å². The fraction of sp³-hybridized carbons (Fsp3) is 0.833. The van der Waals surface area contributed by atoms with Gasteiger partial charge in [-0.3, -0.25) is 4.79 Å². The monoisotopic (exact) mass is 241 g/mol. The number of piperidine rings is 1. The molecular weight excluding hydrogens is 222 g/mol. The van der Waals surface area contributed by atoms with Crippen LogP contribution in [0.25, 0.3) is 0 Å². The summed E-state index contributed by atoms with van der Waals surface area (Å²) in [6, 6.07) is 0. The highest BCUT2D eigenvalue weighted by atomic mass is 16.6. The third-order valence-corrected chi connectivity index (χ3v) is 3.15. The number of hydrogen-bond acceptors (Lipinski definition) is 4. The maximum Gasteiger partial charge on any atom is 0.410 e. The van der Waals surface area contributed by atoms with Crippen LogP contribution in [0.1, 0.15) is 27.2 Å². The highest BCUT2D eigenvalue weighted by molar-refractivity contribution is 5.77. The molecule has 2 aliphatic rings. The molecule has 2 aliphatic heterocycles. The lowest BCUT2D eigenvalue weighted by Gasteiger charge is -2.33. The van der Waals surface area contributed by atoms with Crippen LogP contribution < -0.4 is 0 Å². The summed E-state index contributed by atoms with van der Waals surface area (Å²) in [5, 5.41) is 0. The van der Waals surface area contributed by atoms with Gasteiger partial charge in [-0.1, -0.05) is 0 Å². The smallest absolute Gasteiger partial charge is 0.410 e. The topological polar surface area (TPSA) is 55.8 Å². The van der Waals surface area contributed by atoms with Crippen molar-refractivity contribution in [2.45, 2.75) is 32.8 Å². The molecule has 0 aromatic heterocycles. The molecule has 0 saturated carbocycles. The number of carbonyl (C=O) groups is 2. The van der Waals surface area contributed by atoms with E-state index < -0.39 is 5.60 Å². The van der Waals surface area contributed by atoms with E-state index in [1.54, 1.807) is 4.90 Å². The first kappa shape index (κ1) is 12.2. The molecule has 0 aliphatic carbocycles. The summed E-state index contributed by atoms with van der Waals surface area (Å²) in [6.45, 7) is 7.08. The number of likely N-dealkylation sites (tertiary alicyclic amines) is 1. The van der Waals surface area contributed by atoms with Crippen molar-refractivity contribution < 1.29 is 19.1 Å². The molecule has 0 radical (unpaired) electrons. The number of rotatable bonds is 0. The van der Waals surface area contributed by atoms with Crippen molar-refractivity contribution in [2.75, 3.05) is 19.7 Å². The Morgan fingerprint density at radius 2 is 2.18 bits per heavy atom. The van der Waals surface area contributed by atoms with Gasteiger partial charge in [-0.05, 0) is 27.2 Å². The molecule has 2 atom stereocenters. The molecule has 0 spiro atoms. The fourth-order valence-electron chi connectivity index (χ4n) is 2.26. The van der Waals surface area contributed by atoms with Gasteiger partial charge in [0.1, 0.15) is 5.60 Å². The largest absolute Gasteiger partial charge is 0.465 e. The van der Waals surface area contributed by atoms with Gasteiger partial charge in [-0.15, -0.1) is 0 Å². The molecule has 2 fully saturated rings. The maximum atomic E-state index is 11.9. The lowest BCUT2D eigenvalue weighted by Crippen LogP contribution is -2.46. The molecule has 0 bridgehead atoms. The quantitative estimate of drug-likeness (QED) is 0.602. The predicted molar refractivity (Wildman–Crippen MR) is 60.4 cm³/mol. The van der Waals surface area contributed by atoms with Crippen molar-refractivity contribution in [1.29, 1.82) is 0 Å². The zero-order chi connectivity index (χ0) is 12.6. The van der Waals surface area contributed by atoms with E-state index in [1.807, 2.05) is 20.8 Å². The average Bonchev–Trinajstić information content (AvgIpc) is 2.57. The minimum Gasteiger partial charge on any atom is -0.465 e. The summed E-state index contributed by atoms with van der Waals surface area (Å²) in [5.41, 5.74) is -0.496. The number of esters is 1. The molecule has 0 N–H and O–H groups in total. The van der Waals surface area contributed by atoms with Gasteiger partial charge in [0.05, 0.1) is 12.5 Å². The first-order valence-electron chi connectivity index (χ1n) is 6.01. The lowest BCUT2D eigenvalue weighted by molar-refractivity contribution is -0.141. The third-order valence-electron chi connectivity index (χ3n) is 3.15. The number of amides is 1. The van der Waals surface area contributed by atoms with Gasteiger partial charge in [0.2, 0.25) is 0 Å². The van der Waals surface area contributed by atoms with Crippen LogP contribution in [0.5, 0.6) is 0 Å². The van der Waals surface area contributed by atoms with Crippen molar-refractivity contribution >= 4 is 12.1 Å². The van der Waals surface area contributed by atoms with Crippen LogP contribution in [0.3, 0.4) is 0 Å². The molecule has 0 aromatic rings. The zero-order valence-electron chi connectivity index (χ0n) is 10.6. The number of ether oxygens (including phenoxy) is 2. The van der Waals surface area contributed by atoms with E-state index in [9.17, 15) is 9.59 Å². The second-order valence-electron chi connectivity index (χ2n) is 5.71. The molecule has 5 nitrogen and oxygen atoms in total. The summed E-state index contributed by atoms with van der Waals surface area (Å²) in [6.07, 6.45) is 0.478. The van der Waals surface area contributed by atoms with Gasteiger partial charge >= 0.3 is 12.1 Å². The van der Waals surface area contributed by atoms with Gasteiger partial charge in [-0.25, -0.2) is 4.79 Å². The van der Waals surface area contributed by atoms with Crippen LogP contribution in [-0.4, -0.2) is 42.3 Å². The maximum absolute atomic E-state index is 11.9. The molecule has 0 aromatic carbocycles. The van der Waals surface area contributed by atoms with Gasteiger partial charge in [0.15, 0.2) is 0 Å². The summed E-state index contributed by atoms with van der Waals surface area (Å²) in [4.78, 5) is 24.9. The highest BCUT2D eigenvalue weighted by Gasteiger charge is 2.42. The Balaban J connectivity index is 1.95. The molecule has 2 rings (SSSR count). The standard InChI is InChI=1S/C12H19NO4/c1-12(2,3)17-11(15)13-5-4-8-7-16-10(14)9(8)6-13/h8-9H,4-7H2,1-3H3/t8-,9+/m1/s1. The van der Waals surface area contributed by atoms with E-state index in [0.29, 0.717) is 19.7 Å². The van der Waals surface area contributed by atoms with Crippen LogP contribution in [0.4, 0.5) is 4.79 Å². The summed E-state index contributed by atoms with van der Waals surface area (Å²) >= 11 is 0. The Bertz CT molecular complexity index is 334. The molecule has 2 heterocycles. The molecular formula is C12H19NO4. The van der Waals surface area contributed by atoms with E-state index in [4.69, 9.17) is 9.47 Å². The van der Waals surface area contributed by atoms with Crippen molar-refractivity contribution in [3.63, 3.8) is 0 Å². The second-order valence-corrected chi connectivity index (χ2v) is 5.71. The van der Waals surface area contributed by atoms with Crippen LogP contribution >= 0.6 is 0 Å². The number of nitrogens with zero attached hydrogens (tertiary/aromatic N) is 1. The van der Waals surface area contributed by atoms with Gasteiger partial charge < -0.3 is 14.4 Å². The Kier molecular flexibility index (Phi) is 3.02. The number of fused-ring (bicyclic) bond motifs is 1. The Morgan fingerprint density at radius 3 is 2.82 bits per heavy atom. The van der Waals surface area contributed by atoms with Crippen LogP contribution in [0, 0.1) is 11.8 Å². The molecule has 96 valence electrons. The lowest BCUT2D eigenvalue weighted by atomic mass is 9.88. The molecule has 2 saturated heterocycles. The molecule has 0 unspecified atom stereocenters. The van der Waals surface area contributed by atoms with Crippen LogP contribution in [0.2, 0.25) is 0 Å². The summed E-state index contributed by atoms with van der Waals surface area (Å²) in [7, 11) is 0.